The van der Waals surface area contributed by atoms with Crippen LogP contribution in [0.5, 0.6) is 0 Å². The van der Waals surface area contributed by atoms with Crippen molar-refractivity contribution < 1.29 is 0 Å². The van der Waals surface area contributed by atoms with Crippen LogP contribution in [0.2, 0.25) is 5.02 Å². The van der Waals surface area contributed by atoms with Gasteiger partial charge in [0.15, 0.2) is 0 Å². The van der Waals surface area contributed by atoms with Crippen LogP contribution in [0.15, 0.2) is 29.4 Å². The van der Waals surface area contributed by atoms with Gasteiger partial charge in [0.25, 0.3) is 0 Å². The molecule has 0 aliphatic heterocycles. The van der Waals surface area contributed by atoms with Crippen molar-refractivity contribution in [3.8, 4) is 0 Å². The van der Waals surface area contributed by atoms with Gasteiger partial charge in [-0.1, -0.05) is 29.8 Å². The van der Waals surface area contributed by atoms with Gasteiger partial charge in [-0.3, -0.25) is 0 Å². The highest BCUT2D eigenvalue weighted by molar-refractivity contribution is 6.31. The molecule has 0 aliphatic carbocycles. The predicted molar refractivity (Wildman–Crippen MR) is 39.7 cm³/mol. The van der Waals surface area contributed by atoms with E-state index >= 15 is 0 Å². The molecule has 2 nitrogen and oxygen atoms in total. The van der Waals surface area contributed by atoms with Crippen molar-refractivity contribution in [3.05, 3.63) is 34.9 Å². The molecule has 51 valence electrons. The molecule has 0 N–H and O–H groups in total. The molecule has 3 heteroatoms. The first-order chi connectivity index (χ1) is 4.84. The van der Waals surface area contributed by atoms with Crippen molar-refractivity contribution in [2.24, 2.45) is 5.11 Å². The smallest absolute Gasteiger partial charge is 0.0886 e. The van der Waals surface area contributed by atoms with Crippen LogP contribution in [0.4, 0.5) is 0 Å². The average Bonchev–Trinajstić information content (AvgIpc) is 1.94. The summed E-state index contributed by atoms with van der Waals surface area (Å²) in [5, 5.41) is 3.62. The molecule has 1 rings (SSSR count). The zero-order valence-corrected chi connectivity index (χ0v) is 6.04. The van der Waals surface area contributed by atoms with Crippen molar-refractivity contribution in [3.63, 3.8) is 0 Å². The van der Waals surface area contributed by atoms with Gasteiger partial charge in [-0.2, -0.15) is 5.11 Å². The molecule has 0 saturated heterocycles. The molecule has 0 heterocycles. The minimum Gasteiger partial charge on any atom is -0.163 e. The Balaban J connectivity index is 2.91. The van der Waals surface area contributed by atoms with E-state index < -0.39 is 0 Å². The lowest BCUT2D eigenvalue weighted by Crippen LogP contribution is -1.80. The third-order valence-corrected chi connectivity index (χ3v) is 1.57. The summed E-state index contributed by atoms with van der Waals surface area (Å²) in [6.07, 6.45) is 0. The molecule has 0 saturated carbocycles. The van der Waals surface area contributed by atoms with Crippen molar-refractivity contribution in [2.75, 3.05) is 0 Å². The van der Waals surface area contributed by atoms with Gasteiger partial charge in [-0.05, 0) is 17.2 Å². The van der Waals surface area contributed by atoms with Crippen LogP contribution >= 0.6 is 11.6 Å². The minimum absolute atomic E-state index is 0.264. The van der Waals surface area contributed by atoms with Crippen molar-refractivity contribution in [2.45, 2.75) is 6.54 Å². The first kappa shape index (κ1) is 7.22. The molecule has 0 spiro atoms. The Labute approximate surface area is 64.3 Å². The van der Waals surface area contributed by atoms with E-state index in [0.29, 0.717) is 5.02 Å². The summed E-state index contributed by atoms with van der Waals surface area (Å²) in [5.74, 6) is 0. The largest absolute Gasteiger partial charge is 0.163 e. The number of hydrogen-bond donors (Lipinski definition) is 0. The Morgan fingerprint density at radius 1 is 1.40 bits per heavy atom. The molecule has 0 amide bonds. The molecule has 0 aliphatic rings. The minimum atomic E-state index is 0.264. The van der Waals surface area contributed by atoms with Gasteiger partial charge >= 0.3 is 0 Å². The molecule has 0 atom stereocenters. The van der Waals surface area contributed by atoms with E-state index in [1.807, 2.05) is 18.2 Å². The fraction of sp³-hybridized carbons (Fsp3) is 0.143. The third kappa shape index (κ3) is 1.54. The number of benzene rings is 1. The van der Waals surface area contributed by atoms with E-state index in [9.17, 15) is 0 Å². The van der Waals surface area contributed by atoms with Crippen LogP contribution in [-0.4, -0.2) is 0 Å². The average molecular weight is 154 g/mol. The monoisotopic (exact) mass is 153 g/mol. The molecule has 1 aromatic rings. The van der Waals surface area contributed by atoms with E-state index in [2.05, 4.69) is 5.11 Å². The fourth-order valence-electron chi connectivity index (χ4n) is 0.703. The lowest BCUT2D eigenvalue weighted by atomic mass is 10.2. The molecule has 1 radical (unpaired) electrons. The van der Waals surface area contributed by atoms with Gasteiger partial charge in [0.2, 0.25) is 0 Å². The van der Waals surface area contributed by atoms with E-state index in [0.717, 1.165) is 5.56 Å². The Kier molecular flexibility index (Phi) is 2.40. The first-order valence-corrected chi connectivity index (χ1v) is 3.26. The van der Waals surface area contributed by atoms with Gasteiger partial charge < -0.3 is 0 Å². The maximum atomic E-state index is 8.21. The van der Waals surface area contributed by atoms with Crippen LogP contribution in [0.1, 0.15) is 5.56 Å². The van der Waals surface area contributed by atoms with Gasteiger partial charge in [0, 0.05) is 5.02 Å². The van der Waals surface area contributed by atoms with Crippen molar-refractivity contribution in [1.29, 1.82) is 0 Å². The second-order valence-corrected chi connectivity index (χ2v) is 2.30. The highest BCUT2D eigenvalue weighted by Gasteiger charge is 1.94. The number of hydrogen-bond acceptors (Lipinski definition) is 1. The van der Waals surface area contributed by atoms with Crippen LogP contribution < -0.4 is 5.53 Å². The van der Waals surface area contributed by atoms with Gasteiger partial charge in [-0.25, -0.2) is 0 Å². The molecule has 0 bridgehead atoms. The third-order valence-electron chi connectivity index (χ3n) is 1.20. The molecule has 1 aromatic carbocycles. The van der Waals surface area contributed by atoms with Crippen LogP contribution in [0.25, 0.3) is 0 Å². The number of nitrogens with zero attached hydrogens (tertiary/aromatic N) is 2. The molecular weight excluding hydrogens is 148 g/mol. The zero-order valence-electron chi connectivity index (χ0n) is 5.29. The lowest BCUT2D eigenvalue weighted by Gasteiger charge is -1.95. The highest BCUT2D eigenvalue weighted by atomic mass is 35.5. The summed E-state index contributed by atoms with van der Waals surface area (Å²) in [6, 6.07) is 7.28. The van der Waals surface area contributed by atoms with Crippen LogP contribution in [0.3, 0.4) is 0 Å². The molecule has 0 aromatic heterocycles. The van der Waals surface area contributed by atoms with Crippen LogP contribution in [0, 0.1) is 0 Å². The van der Waals surface area contributed by atoms with E-state index in [-0.39, 0.29) is 6.54 Å². The fourth-order valence-corrected chi connectivity index (χ4v) is 0.898. The summed E-state index contributed by atoms with van der Waals surface area (Å²) >= 11 is 5.73. The van der Waals surface area contributed by atoms with E-state index in [1.54, 1.807) is 6.07 Å². The first-order valence-electron chi connectivity index (χ1n) is 2.89. The quantitative estimate of drug-likeness (QED) is 0.584. The summed E-state index contributed by atoms with van der Waals surface area (Å²) in [4.78, 5) is 0. The summed E-state index contributed by atoms with van der Waals surface area (Å²) in [7, 11) is 0. The second-order valence-electron chi connectivity index (χ2n) is 1.89. The molecular formula is C7H6ClN2. The summed E-state index contributed by atoms with van der Waals surface area (Å²) in [5.41, 5.74) is 9.05. The number of halogens is 1. The molecule has 0 fully saturated rings. The molecule has 0 unspecified atom stereocenters. The van der Waals surface area contributed by atoms with Crippen molar-refractivity contribution in [1.82, 2.24) is 5.53 Å². The Hall–Kier alpha value is -0.890. The molecule has 10 heavy (non-hydrogen) atoms. The normalized spacial score (nSPS) is 9.30. The van der Waals surface area contributed by atoms with E-state index in [4.69, 9.17) is 17.1 Å². The SMILES string of the molecule is [N]=NCc1ccccc1Cl. The van der Waals surface area contributed by atoms with Gasteiger partial charge in [0.05, 0.1) is 6.54 Å². The standard InChI is InChI=1S/C7H6ClN2/c8-7-4-2-1-3-6(7)5-10-9/h1-4H,5H2. The highest BCUT2D eigenvalue weighted by Crippen LogP contribution is 2.14. The van der Waals surface area contributed by atoms with Crippen LogP contribution in [-0.2, 0) is 6.54 Å². The topological polar surface area (TPSA) is 34.7 Å². The Morgan fingerprint density at radius 3 is 2.70 bits per heavy atom. The summed E-state index contributed by atoms with van der Waals surface area (Å²) < 4.78 is 0. The van der Waals surface area contributed by atoms with E-state index in [1.165, 1.54) is 0 Å². The lowest BCUT2D eigenvalue weighted by molar-refractivity contribution is 0.976. The summed E-state index contributed by atoms with van der Waals surface area (Å²) in [6.45, 7) is 0.264. The maximum Gasteiger partial charge on any atom is 0.0886 e. The Bertz CT molecular complexity index is 235. The van der Waals surface area contributed by atoms with Crippen molar-refractivity contribution >= 4 is 11.6 Å². The maximum absolute atomic E-state index is 8.21. The zero-order chi connectivity index (χ0) is 7.40. The van der Waals surface area contributed by atoms with Gasteiger partial charge in [-0.15, -0.1) is 0 Å². The number of rotatable bonds is 2. The second kappa shape index (κ2) is 3.32. The van der Waals surface area contributed by atoms with Gasteiger partial charge in [0.1, 0.15) is 0 Å². The predicted octanol–water partition coefficient (Wildman–Crippen LogP) is 2.09. The Morgan fingerprint density at radius 2 is 2.10 bits per heavy atom.